The molecule has 34 heavy (non-hydrogen) atoms. The quantitative estimate of drug-likeness (QED) is 0.503. The van der Waals surface area contributed by atoms with Crippen LogP contribution in [0.1, 0.15) is 50.1 Å². The van der Waals surface area contributed by atoms with Crippen LogP contribution in [0.2, 0.25) is 0 Å². The number of nitrogens with two attached hydrogens (primary N) is 1. The Bertz CT molecular complexity index is 904. The number of nitrogens with zero attached hydrogens (tertiary/aromatic N) is 2. The van der Waals surface area contributed by atoms with E-state index in [2.05, 4.69) is 10.3 Å². The van der Waals surface area contributed by atoms with Gasteiger partial charge in [0.05, 0.1) is 18.6 Å². The van der Waals surface area contributed by atoms with E-state index in [-0.39, 0.29) is 55.7 Å². The molecule has 0 spiro atoms. The van der Waals surface area contributed by atoms with E-state index in [0.717, 1.165) is 12.8 Å². The zero-order valence-corrected chi connectivity index (χ0v) is 19.0. The predicted octanol–water partition coefficient (Wildman–Crippen LogP) is 4.00. The highest BCUT2D eigenvalue weighted by Gasteiger charge is 2.51. The zero-order valence-electron chi connectivity index (χ0n) is 18.2. The first-order valence-electron chi connectivity index (χ1n) is 11.0. The molecule has 1 aromatic heterocycles. The normalized spacial score (nSPS) is 24.7. The van der Waals surface area contributed by atoms with Crippen LogP contribution >= 0.6 is 12.4 Å². The summed E-state index contributed by atoms with van der Waals surface area (Å²) in [6.45, 7) is -0.495. The first-order chi connectivity index (χ1) is 15.4. The number of nitrogens with one attached hydrogen (secondary N) is 2. The molecule has 3 aliphatic rings. The Morgan fingerprint density at radius 1 is 1.21 bits per heavy atom. The van der Waals surface area contributed by atoms with Gasteiger partial charge in [0.1, 0.15) is 11.9 Å². The Morgan fingerprint density at radius 2 is 1.85 bits per heavy atom. The predicted molar refractivity (Wildman–Crippen MR) is 116 cm³/mol. The number of carbonyl (C=O) groups excluding carboxylic acids is 2. The topological polar surface area (TPSA) is 100 Å². The van der Waals surface area contributed by atoms with Gasteiger partial charge in [-0.15, -0.1) is 12.4 Å². The summed E-state index contributed by atoms with van der Waals surface area (Å²) in [6.07, 6.45) is -1.94. The number of carbonyl (C=O) groups is 2. The number of urea groups is 1. The van der Waals surface area contributed by atoms with E-state index in [0.29, 0.717) is 5.56 Å². The maximum absolute atomic E-state index is 13.4. The molecule has 13 heteroatoms. The van der Waals surface area contributed by atoms with Gasteiger partial charge in [-0.25, -0.2) is 18.6 Å². The van der Waals surface area contributed by atoms with Gasteiger partial charge in [0.25, 0.3) is 0 Å². The van der Waals surface area contributed by atoms with Crippen molar-refractivity contribution in [2.24, 2.45) is 17.6 Å². The molecule has 0 aromatic carbocycles. The first-order valence-corrected chi connectivity index (χ1v) is 11.0. The van der Waals surface area contributed by atoms with Gasteiger partial charge in [-0.1, -0.05) is 0 Å². The van der Waals surface area contributed by atoms with Crippen LogP contribution in [0.15, 0.2) is 18.3 Å². The van der Waals surface area contributed by atoms with Gasteiger partial charge < -0.3 is 21.3 Å². The van der Waals surface area contributed by atoms with Gasteiger partial charge >= 0.3 is 12.2 Å². The Balaban J connectivity index is 0.00000324. The van der Waals surface area contributed by atoms with Crippen molar-refractivity contribution >= 4 is 30.2 Å². The lowest BCUT2D eigenvalue weighted by atomic mass is 9.82. The largest absolute Gasteiger partial charge is 0.410 e. The van der Waals surface area contributed by atoms with E-state index in [1.165, 1.54) is 17.2 Å². The number of halogens is 6. The number of pyridine rings is 1. The number of amides is 3. The fourth-order valence-corrected chi connectivity index (χ4v) is 4.65. The molecule has 3 fully saturated rings. The maximum atomic E-state index is 13.4. The average Bonchev–Trinajstić information content (AvgIpc) is 3.49. The summed E-state index contributed by atoms with van der Waals surface area (Å²) in [5.74, 6) is -3.51. The Morgan fingerprint density at radius 3 is 2.41 bits per heavy atom. The Labute approximate surface area is 199 Å². The molecule has 1 aromatic rings. The van der Waals surface area contributed by atoms with Crippen molar-refractivity contribution in [3.8, 4) is 0 Å². The van der Waals surface area contributed by atoms with Crippen LogP contribution in [-0.2, 0) is 4.79 Å². The van der Waals surface area contributed by atoms with E-state index >= 15 is 0 Å². The number of rotatable bonds is 6. The number of aromatic nitrogens is 1. The summed E-state index contributed by atoms with van der Waals surface area (Å²) in [7, 11) is 0. The Hall–Kier alpha value is -2.21. The molecule has 2 saturated carbocycles. The smallest absolute Gasteiger partial charge is 0.324 e. The fraction of sp³-hybridized carbons (Fsp3) is 0.667. The maximum Gasteiger partial charge on any atom is 0.410 e. The molecule has 1 saturated heterocycles. The monoisotopic (exact) mass is 511 g/mol. The standard InChI is InChI=1S/C21H26F5N5O2.ClH/c22-20(23)6-3-11(4-7-20)16(27)18(32)30-15-9-13(5-8-28-15)17(12-1-2-12)31-10-14(21(24,25)26)29-19(31)33;/h5,8-9,11-12,14,16-17H,1-4,6-7,10,27H2,(H,29,33)(H,28,30,32);1H/t14-,16-,17+;/m0./s1. The molecule has 0 radical (unpaired) electrons. The number of hydrogen-bond acceptors (Lipinski definition) is 4. The molecule has 2 heterocycles. The lowest BCUT2D eigenvalue weighted by Crippen LogP contribution is -2.44. The second kappa shape index (κ2) is 9.80. The van der Waals surface area contributed by atoms with E-state index in [1.54, 1.807) is 6.07 Å². The summed E-state index contributed by atoms with van der Waals surface area (Å²) < 4.78 is 66.1. The molecular weight excluding hydrogens is 485 g/mol. The minimum absolute atomic E-state index is 0. The van der Waals surface area contributed by atoms with Crippen molar-refractivity contribution in [1.29, 1.82) is 0 Å². The molecule has 3 amide bonds. The van der Waals surface area contributed by atoms with E-state index in [1.807, 2.05) is 5.32 Å². The van der Waals surface area contributed by atoms with Gasteiger partial charge in [0.15, 0.2) is 0 Å². The van der Waals surface area contributed by atoms with Crippen molar-refractivity contribution < 1.29 is 31.5 Å². The lowest BCUT2D eigenvalue weighted by molar-refractivity contribution is -0.150. The summed E-state index contributed by atoms with van der Waals surface area (Å²) >= 11 is 0. The number of hydrogen-bond donors (Lipinski definition) is 3. The van der Waals surface area contributed by atoms with E-state index < -0.39 is 48.7 Å². The molecule has 1 aliphatic heterocycles. The van der Waals surface area contributed by atoms with Gasteiger partial charge in [-0.05, 0) is 55.2 Å². The number of anilines is 1. The highest BCUT2D eigenvalue weighted by Crippen LogP contribution is 2.46. The molecule has 0 unspecified atom stereocenters. The molecule has 0 bridgehead atoms. The van der Waals surface area contributed by atoms with E-state index in [9.17, 15) is 31.5 Å². The molecule has 4 rings (SSSR count). The minimum Gasteiger partial charge on any atom is -0.324 e. The van der Waals surface area contributed by atoms with Gasteiger partial charge in [0, 0.05) is 19.0 Å². The summed E-state index contributed by atoms with van der Waals surface area (Å²) in [5.41, 5.74) is 6.57. The molecule has 3 atom stereocenters. The van der Waals surface area contributed by atoms with Crippen LogP contribution in [0.3, 0.4) is 0 Å². The molecular formula is C21H27ClF5N5O2. The zero-order chi connectivity index (χ0) is 24.0. The molecule has 190 valence electrons. The van der Waals surface area contributed by atoms with Crippen molar-refractivity contribution in [3.05, 3.63) is 23.9 Å². The first kappa shape index (κ1) is 26.4. The second-order valence-electron chi connectivity index (χ2n) is 9.16. The summed E-state index contributed by atoms with van der Waals surface area (Å²) in [4.78, 5) is 30.2. The van der Waals surface area contributed by atoms with E-state index in [4.69, 9.17) is 5.73 Å². The third-order valence-corrected chi connectivity index (χ3v) is 6.69. The van der Waals surface area contributed by atoms with Gasteiger partial charge in [-0.3, -0.25) is 4.79 Å². The molecule has 4 N–H and O–H groups in total. The third-order valence-electron chi connectivity index (χ3n) is 6.69. The van der Waals surface area contributed by atoms with Crippen LogP contribution in [0.4, 0.5) is 32.6 Å². The SMILES string of the molecule is Cl.N[C@H](C(=O)Nc1cc([C@@H](C2CC2)N2C[C@@H](C(F)(F)F)NC2=O)ccn1)C1CCC(F)(F)CC1. The molecule has 7 nitrogen and oxygen atoms in total. The fourth-order valence-electron chi connectivity index (χ4n) is 4.65. The lowest BCUT2D eigenvalue weighted by Gasteiger charge is -2.31. The second-order valence-corrected chi connectivity index (χ2v) is 9.16. The van der Waals surface area contributed by atoms with Gasteiger partial charge in [0.2, 0.25) is 11.8 Å². The van der Waals surface area contributed by atoms with Crippen LogP contribution in [0.5, 0.6) is 0 Å². The van der Waals surface area contributed by atoms with Crippen molar-refractivity contribution in [2.45, 2.75) is 68.7 Å². The highest BCUT2D eigenvalue weighted by molar-refractivity contribution is 5.94. The van der Waals surface area contributed by atoms with Gasteiger partial charge in [-0.2, -0.15) is 13.2 Å². The van der Waals surface area contributed by atoms with Crippen molar-refractivity contribution in [1.82, 2.24) is 15.2 Å². The van der Waals surface area contributed by atoms with Crippen LogP contribution in [-0.4, -0.2) is 52.5 Å². The Kier molecular flexibility index (Phi) is 7.61. The van der Waals surface area contributed by atoms with Crippen LogP contribution < -0.4 is 16.4 Å². The van der Waals surface area contributed by atoms with Crippen molar-refractivity contribution in [2.75, 3.05) is 11.9 Å². The average molecular weight is 512 g/mol. The summed E-state index contributed by atoms with van der Waals surface area (Å²) in [6, 6.07) is -1.15. The highest BCUT2D eigenvalue weighted by atomic mass is 35.5. The molecule has 2 aliphatic carbocycles. The van der Waals surface area contributed by atoms with Crippen molar-refractivity contribution in [3.63, 3.8) is 0 Å². The minimum atomic E-state index is -4.55. The third kappa shape index (κ3) is 5.88. The van der Waals surface area contributed by atoms with Crippen LogP contribution in [0, 0.1) is 11.8 Å². The van der Waals surface area contributed by atoms with Crippen LogP contribution in [0.25, 0.3) is 0 Å². The number of alkyl halides is 5. The summed E-state index contributed by atoms with van der Waals surface area (Å²) in [5, 5.41) is 4.57.